The van der Waals surface area contributed by atoms with Gasteiger partial charge < -0.3 is 5.11 Å². The van der Waals surface area contributed by atoms with Crippen molar-refractivity contribution in [3.05, 3.63) is 34.9 Å². The summed E-state index contributed by atoms with van der Waals surface area (Å²) in [4.78, 5) is 0. The van der Waals surface area contributed by atoms with Crippen molar-refractivity contribution >= 4 is 0 Å². The lowest BCUT2D eigenvalue weighted by Crippen LogP contribution is -2.04. The zero-order valence-corrected chi connectivity index (χ0v) is 7.59. The van der Waals surface area contributed by atoms with Gasteiger partial charge in [-0.25, -0.2) is 8.78 Å². The van der Waals surface area contributed by atoms with Crippen LogP contribution in [0.2, 0.25) is 0 Å². The Hall–Kier alpha value is -1.47. The number of aliphatic hydroxyl groups excluding tert-OH is 1. The lowest BCUT2D eigenvalue weighted by atomic mass is 10.0. The first-order valence-electron chi connectivity index (χ1n) is 4.06. The molecule has 0 aliphatic heterocycles. The lowest BCUT2D eigenvalue weighted by molar-refractivity contribution is 0.173. The van der Waals surface area contributed by atoms with E-state index in [1.54, 1.807) is 13.0 Å². The van der Waals surface area contributed by atoms with Crippen LogP contribution in [0.3, 0.4) is 0 Å². The van der Waals surface area contributed by atoms with E-state index in [9.17, 15) is 13.9 Å². The summed E-state index contributed by atoms with van der Waals surface area (Å²) in [5, 5.41) is 17.6. The third-order valence-electron chi connectivity index (χ3n) is 1.84. The molecule has 0 amide bonds. The number of halogens is 2. The molecule has 0 aliphatic carbocycles. The maximum Gasteiger partial charge on any atom is 0.132 e. The Balaban J connectivity index is 3.15. The highest BCUT2D eigenvalue weighted by molar-refractivity contribution is 5.27. The highest BCUT2D eigenvalue weighted by Gasteiger charge is 2.17. The van der Waals surface area contributed by atoms with Gasteiger partial charge in [0.25, 0.3) is 0 Å². The molecule has 1 atom stereocenters. The van der Waals surface area contributed by atoms with E-state index in [0.29, 0.717) is 5.56 Å². The van der Waals surface area contributed by atoms with Crippen LogP contribution in [0.25, 0.3) is 0 Å². The summed E-state index contributed by atoms with van der Waals surface area (Å²) in [7, 11) is 0. The van der Waals surface area contributed by atoms with E-state index in [-0.39, 0.29) is 6.42 Å². The molecule has 0 saturated heterocycles. The minimum Gasteiger partial charge on any atom is -0.387 e. The molecule has 0 saturated carbocycles. The molecular formula is C10H9F2NO. The standard InChI is InChI=1S/C10H9F2NO/c1-6-4-7(11)10(8(12)5-6)9(14)2-3-13/h4-5,9,14H,2H2,1H3. The Morgan fingerprint density at radius 2 is 1.93 bits per heavy atom. The number of rotatable bonds is 2. The number of benzene rings is 1. The van der Waals surface area contributed by atoms with Crippen LogP contribution < -0.4 is 0 Å². The van der Waals surface area contributed by atoms with Gasteiger partial charge in [0.05, 0.1) is 24.2 Å². The second-order valence-corrected chi connectivity index (χ2v) is 3.02. The third kappa shape index (κ3) is 2.06. The van der Waals surface area contributed by atoms with Gasteiger partial charge in [0.2, 0.25) is 0 Å². The molecule has 1 N–H and O–H groups in total. The lowest BCUT2D eigenvalue weighted by Gasteiger charge is -2.10. The zero-order valence-electron chi connectivity index (χ0n) is 7.59. The molecule has 0 aromatic heterocycles. The van der Waals surface area contributed by atoms with Crippen LogP contribution >= 0.6 is 0 Å². The molecular weight excluding hydrogens is 188 g/mol. The van der Waals surface area contributed by atoms with Gasteiger partial charge >= 0.3 is 0 Å². The van der Waals surface area contributed by atoms with Crippen molar-refractivity contribution in [2.24, 2.45) is 0 Å². The molecule has 1 unspecified atom stereocenters. The number of nitrogens with zero attached hydrogens (tertiary/aromatic N) is 1. The van der Waals surface area contributed by atoms with E-state index in [0.717, 1.165) is 12.1 Å². The summed E-state index contributed by atoms with van der Waals surface area (Å²) in [6.07, 6.45) is -1.72. The summed E-state index contributed by atoms with van der Waals surface area (Å²) in [5.41, 5.74) is 0.00468. The molecule has 14 heavy (non-hydrogen) atoms. The Labute approximate surface area is 80.4 Å². The average Bonchev–Trinajstić information content (AvgIpc) is 2.01. The third-order valence-corrected chi connectivity index (χ3v) is 1.84. The fourth-order valence-corrected chi connectivity index (χ4v) is 1.22. The predicted octanol–water partition coefficient (Wildman–Crippen LogP) is 2.22. The minimum atomic E-state index is -1.40. The van der Waals surface area contributed by atoms with Crippen LogP contribution in [0, 0.1) is 29.9 Å². The largest absolute Gasteiger partial charge is 0.387 e. The van der Waals surface area contributed by atoms with E-state index in [2.05, 4.69) is 0 Å². The SMILES string of the molecule is Cc1cc(F)c(C(O)CC#N)c(F)c1. The van der Waals surface area contributed by atoms with E-state index in [4.69, 9.17) is 5.26 Å². The molecule has 2 nitrogen and oxygen atoms in total. The van der Waals surface area contributed by atoms with Gasteiger partial charge in [-0.2, -0.15) is 5.26 Å². The molecule has 0 spiro atoms. The van der Waals surface area contributed by atoms with Gasteiger partial charge in [-0.15, -0.1) is 0 Å². The highest BCUT2D eigenvalue weighted by Crippen LogP contribution is 2.24. The summed E-state index contributed by atoms with van der Waals surface area (Å²) < 4.78 is 26.4. The highest BCUT2D eigenvalue weighted by atomic mass is 19.1. The summed E-state index contributed by atoms with van der Waals surface area (Å²) in [5.74, 6) is -1.63. The van der Waals surface area contributed by atoms with E-state index < -0.39 is 23.3 Å². The molecule has 0 radical (unpaired) electrons. The number of hydrogen-bond acceptors (Lipinski definition) is 2. The fourth-order valence-electron chi connectivity index (χ4n) is 1.22. The molecule has 0 bridgehead atoms. The monoisotopic (exact) mass is 197 g/mol. The molecule has 0 aliphatic rings. The molecule has 0 fully saturated rings. The molecule has 4 heteroatoms. The van der Waals surface area contributed by atoms with Crippen molar-refractivity contribution in [2.75, 3.05) is 0 Å². The average molecular weight is 197 g/mol. The molecule has 1 rings (SSSR count). The maximum absolute atomic E-state index is 13.2. The van der Waals surface area contributed by atoms with Crippen molar-refractivity contribution < 1.29 is 13.9 Å². The smallest absolute Gasteiger partial charge is 0.132 e. The van der Waals surface area contributed by atoms with Crippen LogP contribution in [0.4, 0.5) is 8.78 Å². The number of aliphatic hydroxyl groups is 1. The van der Waals surface area contributed by atoms with Crippen LogP contribution in [-0.4, -0.2) is 5.11 Å². The van der Waals surface area contributed by atoms with Crippen molar-refractivity contribution in [3.63, 3.8) is 0 Å². The second-order valence-electron chi connectivity index (χ2n) is 3.02. The molecule has 74 valence electrons. The maximum atomic E-state index is 13.2. The normalized spacial score (nSPS) is 12.2. The Morgan fingerprint density at radius 1 is 1.43 bits per heavy atom. The van der Waals surface area contributed by atoms with E-state index >= 15 is 0 Å². The number of hydrogen-bond donors (Lipinski definition) is 1. The first kappa shape index (κ1) is 10.6. The van der Waals surface area contributed by atoms with Crippen molar-refractivity contribution in [3.8, 4) is 6.07 Å². The van der Waals surface area contributed by atoms with Crippen LogP contribution in [-0.2, 0) is 0 Å². The van der Waals surface area contributed by atoms with Crippen LogP contribution in [0.5, 0.6) is 0 Å². The molecule has 1 aromatic carbocycles. The minimum absolute atomic E-state index is 0.323. The summed E-state index contributed by atoms with van der Waals surface area (Å²) >= 11 is 0. The Morgan fingerprint density at radius 3 is 2.36 bits per heavy atom. The van der Waals surface area contributed by atoms with Crippen molar-refractivity contribution in [1.29, 1.82) is 5.26 Å². The first-order valence-corrected chi connectivity index (χ1v) is 4.06. The van der Waals surface area contributed by atoms with Gasteiger partial charge in [0.1, 0.15) is 11.6 Å². The molecule has 0 heterocycles. The van der Waals surface area contributed by atoms with Gasteiger partial charge in [0, 0.05) is 0 Å². The van der Waals surface area contributed by atoms with Crippen LogP contribution in [0.1, 0.15) is 23.7 Å². The first-order chi connectivity index (χ1) is 6.56. The molecule has 1 aromatic rings. The quantitative estimate of drug-likeness (QED) is 0.789. The summed E-state index contributed by atoms with van der Waals surface area (Å²) in [6, 6.07) is 3.90. The number of nitriles is 1. The fraction of sp³-hybridized carbons (Fsp3) is 0.300. The summed E-state index contributed by atoms with van der Waals surface area (Å²) in [6.45, 7) is 1.55. The Bertz CT molecular complexity index is 361. The second kappa shape index (κ2) is 4.16. The van der Waals surface area contributed by atoms with Crippen molar-refractivity contribution in [2.45, 2.75) is 19.4 Å². The van der Waals surface area contributed by atoms with E-state index in [1.807, 2.05) is 0 Å². The van der Waals surface area contributed by atoms with Gasteiger partial charge in [-0.3, -0.25) is 0 Å². The van der Waals surface area contributed by atoms with Crippen molar-refractivity contribution in [1.82, 2.24) is 0 Å². The predicted molar refractivity (Wildman–Crippen MR) is 46.3 cm³/mol. The zero-order chi connectivity index (χ0) is 10.7. The number of aryl methyl sites for hydroxylation is 1. The topological polar surface area (TPSA) is 44.0 Å². The van der Waals surface area contributed by atoms with E-state index in [1.165, 1.54) is 0 Å². The van der Waals surface area contributed by atoms with Gasteiger partial charge in [-0.1, -0.05) is 0 Å². The van der Waals surface area contributed by atoms with Gasteiger partial charge in [-0.05, 0) is 24.6 Å². The van der Waals surface area contributed by atoms with Gasteiger partial charge in [0.15, 0.2) is 0 Å². The Kier molecular flexibility index (Phi) is 3.15. The van der Waals surface area contributed by atoms with Crippen LogP contribution in [0.15, 0.2) is 12.1 Å².